The average Bonchev–Trinajstić information content (AvgIpc) is 3.09. The molecule has 9 heteroatoms. The van der Waals surface area contributed by atoms with Crippen molar-refractivity contribution in [2.24, 2.45) is 5.92 Å². The van der Waals surface area contributed by atoms with Crippen LogP contribution in [-0.4, -0.2) is 41.4 Å². The van der Waals surface area contributed by atoms with Crippen LogP contribution in [0.2, 0.25) is 0 Å². The number of nitrogens with zero attached hydrogens (tertiary/aromatic N) is 1. The summed E-state index contributed by atoms with van der Waals surface area (Å²) in [4.78, 5) is 48.1. The van der Waals surface area contributed by atoms with E-state index in [0.29, 0.717) is 12.2 Å². The minimum absolute atomic E-state index is 0.117. The summed E-state index contributed by atoms with van der Waals surface area (Å²) in [5.41, 5.74) is 0. The van der Waals surface area contributed by atoms with Crippen molar-refractivity contribution in [2.45, 2.75) is 32.9 Å². The van der Waals surface area contributed by atoms with E-state index >= 15 is 0 Å². The Hall–Kier alpha value is -2.84. The summed E-state index contributed by atoms with van der Waals surface area (Å²) in [6.45, 7) is 3.47. The van der Waals surface area contributed by atoms with Crippen molar-refractivity contribution in [1.82, 2.24) is 20.9 Å². The fourth-order valence-electron chi connectivity index (χ4n) is 2.29. The number of hydrogen-bond acceptors (Lipinski definition) is 5. The molecule has 0 spiro atoms. The molecular weight excluding hydrogens is 316 g/mol. The van der Waals surface area contributed by atoms with Crippen molar-refractivity contribution in [2.75, 3.05) is 6.54 Å². The molecule has 0 radical (unpaired) electrons. The Labute approximate surface area is 138 Å². The van der Waals surface area contributed by atoms with Gasteiger partial charge < -0.3 is 15.1 Å². The first kappa shape index (κ1) is 17.5. The maximum atomic E-state index is 12.1. The van der Waals surface area contributed by atoms with Gasteiger partial charge in [0.05, 0.1) is 12.8 Å². The summed E-state index contributed by atoms with van der Waals surface area (Å²) in [7, 11) is 0. The Morgan fingerprint density at radius 3 is 2.75 bits per heavy atom. The van der Waals surface area contributed by atoms with E-state index in [4.69, 9.17) is 4.42 Å². The molecule has 6 amide bonds. The highest BCUT2D eigenvalue weighted by atomic mass is 16.3. The van der Waals surface area contributed by atoms with Gasteiger partial charge in [-0.1, -0.05) is 13.8 Å². The third-order valence-electron chi connectivity index (χ3n) is 3.37. The van der Waals surface area contributed by atoms with Gasteiger partial charge >= 0.3 is 12.1 Å². The minimum Gasteiger partial charge on any atom is -0.467 e. The number of hydrogen-bond donors (Lipinski definition) is 3. The zero-order chi connectivity index (χ0) is 17.7. The van der Waals surface area contributed by atoms with E-state index < -0.39 is 36.5 Å². The van der Waals surface area contributed by atoms with E-state index in [9.17, 15) is 19.2 Å². The molecule has 2 heterocycles. The van der Waals surface area contributed by atoms with Gasteiger partial charge in [-0.05, 0) is 24.5 Å². The van der Waals surface area contributed by atoms with Gasteiger partial charge in [0.15, 0.2) is 0 Å². The Morgan fingerprint density at radius 1 is 1.38 bits per heavy atom. The molecule has 3 N–H and O–H groups in total. The van der Waals surface area contributed by atoms with Crippen LogP contribution in [0.1, 0.15) is 26.0 Å². The zero-order valence-corrected chi connectivity index (χ0v) is 13.5. The van der Waals surface area contributed by atoms with Crippen LogP contribution in [0.15, 0.2) is 22.8 Å². The fraction of sp³-hybridized carbons (Fsp3) is 0.467. The highest BCUT2D eigenvalue weighted by Gasteiger charge is 2.39. The second-order valence-corrected chi connectivity index (χ2v) is 5.87. The predicted molar refractivity (Wildman–Crippen MR) is 82.6 cm³/mol. The van der Waals surface area contributed by atoms with Gasteiger partial charge in [-0.15, -0.1) is 0 Å². The fourth-order valence-corrected chi connectivity index (χ4v) is 2.29. The SMILES string of the molecule is CC(C)C[C@H]1NC(=O)N(CC(=O)NC(=O)NCc2ccco2)C1=O. The first-order chi connectivity index (χ1) is 11.4. The number of furan rings is 1. The molecular formula is C15H20N4O5. The summed E-state index contributed by atoms with van der Waals surface area (Å²) >= 11 is 0. The molecule has 1 aliphatic rings. The number of rotatable bonds is 6. The molecule has 1 aliphatic heterocycles. The summed E-state index contributed by atoms with van der Waals surface area (Å²) in [5, 5.41) is 7.02. The average molecular weight is 336 g/mol. The lowest BCUT2D eigenvalue weighted by Crippen LogP contribution is -2.46. The molecule has 1 fully saturated rings. The van der Waals surface area contributed by atoms with Crippen LogP contribution >= 0.6 is 0 Å². The largest absolute Gasteiger partial charge is 0.467 e. The maximum absolute atomic E-state index is 12.1. The summed E-state index contributed by atoms with van der Waals surface area (Å²) in [6, 6.07) is 1.35. The minimum atomic E-state index is -0.749. The molecule has 0 aliphatic carbocycles. The molecule has 2 rings (SSSR count). The number of nitrogens with one attached hydrogen (secondary N) is 3. The van der Waals surface area contributed by atoms with Crippen LogP contribution in [0.25, 0.3) is 0 Å². The van der Waals surface area contributed by atoms with Crippen LogP contribution in [0.4, 0.5) is 9.59 Å². The van der Waals surface area contributed by atoms with Crippen LogP contribution in [0, 0.1) is 5.92 Å². The molecule has 0 aromatic carbocycles. The summed E-state index contributed by atoms with van der Waals surface area (Å²) < 4.78 is 5.03. The van der Waals surface area contributed by atoms with E-state index in [1.165, 1.54) is 6.26 Å². The van der Waals surface area contributed by atoms with E-state index in [1.54, 1.807) is 12.1 Å². The van der Waals surface area contributed by atoms with Crippen molar-refractivity contribution in [3.63, 3.8) is 0 Å². The summed E-state index contributed by atoms with van der Waals surface area (Å²) in [5.74, 6) is -0.455. The zero-order valence-electron chi connectivity index (χ0n) is 13.5. The van der Waals surface area contributed by atoms with Crippen molar-refractivity contribution in [3.8, 4) is 0 Å². The first-order valence-corrected chi connectivity index (χ1v) is 7.58. The van der Waals surface area contributed by atoms with Gasteiger partial charge in [-0.3, -0.25) is 19.8 Å². The van der Waals surface area contributed by atoms with Crippen LogP contribution in [0.5, 0.6) is 0 Å². The molecule has 1 aromatic rings. The van der Waals surface area contributed by atoms with Gasteiger partial charge in [0.1, 0.15) is 18.3 Å². The number of urea groups is 2. The smallest absolute Gasteiger partial charge is 0.325 e. The van der Waals surface area contributed by atoms with Gasteiger partial charge in [0.2, 0.25) is 5.91 Å². The van der Waals surface area contributed by atoms with Crippen molar-refractivity contribution < 1.29 is 23.6 Å². The molecule has 0 bridgehead atoms. The van der Waals surface area contributed by atoms with Gasteiger partial charge in [0, 0.05) is 0 Å². The topological polar surface area (TPSA) is 121 Å². The van der Waals surface area contributed by atoms with E-state index in [2.05, 4.69) is 16.0 Å². The van der Waals surface area contributed by atoms with Crippen LogP contribution < -0.4 is 16.0 Å². The highest BCUT2D eigenvalue weighted by molar-refractivity contribution is 6.07. The van der Waals surface area contributed by atoms with Crippen LogP contribution in [-0.2, 0) is 16.1 Å². The van der Waals surface area contributed by atoms with E-state index in [-0.39, 0.29) is 12.5 Å². The number of carbonyl (C=O) groups is 4. The van der Waals surface area contributed by atoms with E-state index in [0.717, 1.165) is 4.90 Å². The maximum Gasteiger partial charge on any atom is 0.325 e. The molecule has 1 atom stereocenters. The molecule has 1 saturated heterocycles. The van der Waals surface area contributed by atoms with Gasteiger partial charge in [0.25, 0.3) is 5.91 Å². The van der Waals surface area contributed by atoms with E-state index in [1.807, 2.05) is 13.8 Å². The predicted octanol–water partition coefficient (Wildman–Crippen LogP) is 0.572. The Morgan fingerprint density at radius 2 is 2.12 bits per heavy atom. The number of imide groups is 2. The lowest BCUT2D eigenvalue weighted by atomic mass is 10.0. The molecule has 9 nitrogen and oxygen atoms in total. The molecule has 130 valence electrons. The molecule has 24 heavy (non-hydrogen) atoms. The van der Waals surface area contributed by atoms with Crippen molar-refractivity contribution in [3.05, 3.63) is 24.2 Å². The first-order valence-electron chi connectivity index (χ1n) is 7.58. The number of carbonyl (C=O) groups excluding carboxylic acids is 4. The lowest BCUT2D eigenvalue weighted by Gasteiger charge is -2.13. The quantitative estimate of drug-likeness (QED) is 0.656. The second-order valence-electron chi connectivity index (χ2n) is 5.87. The summed E-state index contributed by atoms with van der Waals surface area (Å²) in [6.07, 6.45) is 1.96. The van der Waals surface area contributed by atoms with Crippen molar-refractivity contribution in [1.29, 1.82) is 0 Å². The molecule has 0 saturated carbocycles. The lowest BCUT2D eigenvalue weighted by molar-refractivity contribution is -0.132. The monoisotopic (exact) mass is 336 g/mol. The molecule has 0 unspecified atom stereocenters. The van der Waals surface area contributed by atoms with Crippen molar-refractivity contribution >= 4 is 23.9 Å². The standard InChI is InChI=1S/C15H20N4O5/c1-9(2)6-11-13(21)19(15(23)17-11)8-12(20)18-14(22)16-7-10-4-3-5-24-10/h3-5,9,11H,6-8H2,1-2H3,(H,17,23)(H2,16,18,20,22)/t11-/m1/s1. The van der Waals surface area contributed by atoms with Gasteiger partial charge in [-0.25, -0.2) is 9.59 Å². The Kier molecular flexibility index (Phi) is 5.56. The highest BCUT2D eigenvalue weighted by Crippen LogP contribution is 2.13. The third kappa shape index (κ3) is 4.58. The van der Waals surface area contributed by atoms with Crippen LogP contribution in [0.3, 0.4) is 0 Å². The normalized spacial score (nSPS) is 17.1. The van der Waals surface area contributed by atoms with Gasteiger partial charge in [-0.2, -0.15) is 0 Å². The second kappa shape index (κ2) is 7.62. The Bertz CT molecular complexity index is 626. The number of amides is 6. The molecule has 1 aromatic heterocycles. The third-order valence-corrected chi connectivity index (χ3v) is 3.37. The Balaban J connectivity index is 1.80.